The van der Waals surface area contributed by atoms with Crippen molar-refractivity contribution in [3.8, 4) is 10.4 Å². The number of aryl methyl sites for hydroxylation is 1. The predicted octanol–water partition coefficient (Wildman–Crippen LogP) is 5.91. The Morgan fingerprint density at radius 1 is 1.21 bits per heavy atom. The van der Waals surface area contributed by atoms with Crippen molar-refractivity contribution in [3.63, 3.8) is 0 Å². The van der Waals surface area contributed by atoms with Gasteiger partial charge < -0.3 is 0 Å². The third-order valence-electron chi connectivity index (χ3n) is 3.27. The Morgan fingerprint density at radius 3 is 2.58 bits per heavy atom. The van der Waals surface area contributed by atoms with Gasteiger partial charge in [-0.15, -0.1) is 11.3 Å². The van der Waals surface area contributed by atoms with Crippen LogP contribution in [0.3, 0.4) is 0 Å². The molecule has 104 valence electrons. The molecule has 19 heavy (non-hydrogen) atoms. The molecule has 0 saturated carbocycles. The van der Waals surface area contributed by atoms with Crippen LogP contribution in [-0.4, -0.2) is 4.98 Å². The van der Waals surface area contributed by atoms with Crippen molar-refractivity contribution in [2.24, 2.45) is 0 Å². The third-order valence-corrected chi connectivity index (χ3v) is 4.16. The zero-order valence-corrected chi connectivity index (χ0v) is 13.6. The molecule has 0 aliphatic heterocycles. The first-order valence-corrected chi connectivity index (χ1v) is 8.16. The number of nitrogens with zero attached hydrogens (tertiary/aromatic N) is 1. The maximum atomic E-state index is 4.54. The van der Waals surface area contributed by atoms with E-state index >= 15 is 0 Å². The molecule has 0 aliphatic rings. The first-order chi connectivity index (χ1) is 9.26. The summed E-state index contributed by atoms with van der Waals surface area (Å²) in [5, 5.41) is 0. The SMILES string of the molecule is CC.CCc1cccc(-c2scnc2C(C)CC)c1. The highest BCUT2D eigenvalue weighted by atomic mass is 32.1. The van der Waals surface area contributed by atoms with Gasteiger partial charge in [0.25, 0.3) is 0 Å². The topological polar surface area (TPSA) is 12.9 Å². The minimum Gasteiger partial charge on any atom is -0.249 e. The Morgan fingerprint density at radius 2 is 1.95 bits per heavy atom. The average Bonchev–Trinajstić information content (AvgIpc) is 2.98. The summed E-state index contributed by atoms with van der Waals surface area (Å²) >= 11 is 1.75. The van der Waals surface area contributed by atoms with E-state index in [-0.39, 0.29) is 0 Å². The summed E-state index contributed by atoms with van der Waals surface area (Å²) in [6.45, 7) is 10.7. The smallest absolute Gasteiger partial charge is 0.0801 e. The molecule has 0 saturated heterocycles. The number of hydrogen-bond donors (Lipinski definition) is 0. The Bertz CT molecular complexity index is 488. The van der Waals surface area contributed by atoms with Crippen LogP contribution in [-0.2, 0) is 6.42 Å². The zero-order chi connectivity index (χ0) is 14.3. The van der Waals surface area contributed by atoms with Crippen molar-refractivity contribution < 1.29 is 0 Å². The Hall–Kier alpha value is -1.15. The second kappa shape index (κ2) is 8.11. The Labute approximate surface area is 121 Å². The molecule has 1 aromatic heterocycles. The van der Waals surface area contributed by atoms with Crippen molar-refractivity contribution in [2.75, 3.05) is 0 Å². The number of thiazole rings is 1. The van der Waals surface area contributed by atoms with Crippen molar-refractivity contribution >= 4 is 11.3 Å². The second-order valence-electron chi connectivity index (χ2n) is 4.43. The van der Waals surface area contributed by atoms with E-state index < -0.39 is 0 Å². The molecule has 1 unspecified atom stereocenters. The highest BCUT2D eigenvalue weighted by molar-refractivity contribution is 7.13. The van der Waals surface area contributed by atoms with Gasteiger partial charge in [-0.1, -0.05) is 58.9 Å². The van der Waals surface area contributed by atoms with Crippen molar-refractivity contribution in [2.45, 2.75) is 53.4 Å². The van der Waals surface area contributed by atoms with Gasteiger partial charge in [-0.2, -0.15) is 0 Å². The summed E-state index contributed by atoms with van der Waals surface area (Å²) in [5.74, 6) is 0.543. The first-order valence-electron chi connectivity index (χ1n) is 7.29. The molecule has 0 fully saturated rings. The molecular formula is C17H25NS. The lowest BCUT2D eigenvalue weighted by atomic mass is 10.00. The van der Waals surface area contributed by atoms with Crippen LogP contribution in [0.25, 0.3) is 10.4 Å². The summed E-state index contributed by atoms with van der Waals surface area (Å²) < 4.78 is 0. The molecule has 0 spiro atoms. The molecule has 0 bridgehead atoms. The van der Waals surface area contributed by atoms with Crippen LogP contribution in [0.15, 0.2) is 29.8 Å². The lowest BCUT2D eigenvalue weighted by Crippen LogP contribution is -1.94. The molecule has 2 rings (SSSR count). The van der Waals surface area contributed by atoms with E-state index in [2.05, 4.69) is 50.0 Å². The molecule has 0 N–H and O–H groups in total. The van der Waals surface area contributed by atoms with E-state index in [9.17, 15) is 0 Å². The summed E-state index contributed by atoms with van der Waals surface area (Å²) in [5.41, 5.74) is 5.94. The zero-order valence-electron chi connectivity index (χ0n) is 12.7. The van der Waals surface area contributed by atoms with Crippen LogP contribution in [0, 0.1) is 0 Å². The van der Waals surface area contributed by atoms with Gasteiger partial charge in [0.15, 0.2) is 0 Å². The van der Waals surface area contributed by atoms with E-state index in [1.54, 1.807) is 11.3 Å². The number of rotatable bonds is 4. The van der Waals surface area contributed by atoms with Crippen LogP contribution >= 0.6 is 11.3 Å². The highest BCUT2D eigenvalue weighted by Gasteiger charge is 2.13. The fourth-order valence-corrected chi connectivity index (χ4v) is 2.86. The van der Waals surface area contributed by atoms with Crippen LogP contribution in [0.2, 0.25) is 0 Å². The van der Waals surface area contributed by atoms with Crippen LogP contribution < -0.4 is 0 Å². The Kier molecular flexibility index (Phi) is 6.79. The van der Waals surface area contributed by atoms with Gasteiger partial charge in [-0.05, 0) is 29.9 Å². The summed E-state index contributed by atoms with van der Waals surface area (Å²) in [6.07, 6.45) is 2.23. The summed E-state index contributed by atoms with van der Waals surface area (Å²) in [4.78, 5) is 5.88. The lowest BCUT2D eigenvalue weighted by molar-refractivity contribution is 0.715. The first kappa shape index (κ1) is 15.9. The molecule has 0 aliphatic carbocycles. The minimum atomic E-state index is 0.543. The summed E-state index contributed by atoms with van der Waals surface area (Å²) in [7, 11) is 0. The monoisotopic (exact) mass is 275 g/mol. The molecule has 2 heteroatoms. The van der Waals surface area contributed by atoms with Gasteiger partial charge in [0.2, 0.25) is 0 Å². The normalized spacial score (nSPS) is 11.6. The fourth-order valence-electron chi connectivity index (χ4n) is 1.95. The van der Waals surface area contributed by atoms with Gasteiger partial charge >= 0.3 is 0 Å². The largest absolute Gasteiger partial charge is 0.249 e. The van der Waals surface area contributed by atoms with E-state index in [1.165, 1.54) is 21.7 Å². The number of aromatic nitrogens is 1. The van der Waals surface area contributed by atoms with Crippen LogP contribution in [0.1, 0.15) is 58.2 Å². The minimum absolute atomic E-state index is 0.543. The quantitative estimate of drug-likeness (QED) is 0.675. The van der Waals surface area contributed by atoms with E-state index in [0.717, 1.165) is 12.8 Å². The van der Waals surface area contributed by atoms with Gasteiger partial charge in [0, 0.05) is 0 Å². The van der Waals surface area contributed by atoms with E-state index in [4.69, 9.17) is 0 Å². The molecule has 0 radical (unpaired) electrons. The maximum Gasteiger partial charge on any atom is 0.0801 e. The van der Waals surface area contributed by atoms with Crippen LogP contribution in [0.4, 0.5) is 0 Å². The van der Waals surface area contributed by atoms with Crippen molar-refractivity contribution in [3.05, 3.63) is 41.0 Å². The van der Waals surface area contributed by atoms with Crippen LogP contribution in [0.5, 0.6) is 0 Å². The molecule has 1 aromatic carbocycles. The Balaban J connectivity index is 0.000000861. The third kappa shape index (κ3) is 3.90. The molecule has 1 heterocycles. The predicted molar refractivity (Wildman–Crippen MR) is 87.0 cm³/mol. The highest BCUT2D eigenvalue weighted by Crippen LogP contribution is 2.33. The standard InChI is InChI=1S/C15H19NS.C2H6/c1-4-11(3)14-15(17-10-16-14)13-8-6-7-12(5-2)9-13;1-2/h6-11H,4-5H2,1-3H3;1-2H3. The molecule has 0 amide bonds. The van der Waals surface area contributed by atoms with E-state index in [1.807, 2.05) is 19.4 Å². The van der Waals surface area contributed by atoms with Gasteiger partial charge in [0.05, 0.1) is 16.1 Å². The number of benzene rings is 1. The lowest BCUT2D eigenvalue weighted by Gasteiger charge is -2.09. The molecule has 1 atom stereocenters. The second-order valence-corrected chi connectivity index (χ2v) is 5.28. The summed E-state index contributed by atoms with van der Waals surface area (Å²) in [6, 6.07) is 8.82. The van der Waals surface area contributed by atoms with Gasteiger partial charge in [-0.3, -0.25) is 0 Å². The molecule has 2 aromatic rings. The molecular weight excluding hydrogens is 250 g/mol. The van der Waals surface area contributed by atoms with E-state index in [0.29, 0.717) is 5.92 Å². The maximum absolute atomic E-state index is 4.54. The fraction of sp³-hybridized carbons (Fsp3) is 0.471. The van der Waals surface area contributed by atoms with Gasteiger partial charge in [0.1, 0.15) is 0 Å². The van der Waals surface area contributed by atoms with Crippen molar-refractivity contribution in [1.82, 2.24) is 4.98 Å². The molecule has 1 nitrogen and oxygen atoms in total. The van der Waals surface area contributed by atoms with Crippen molar-refractivity contribution in [1.29, 1.82) is 0 Å². The number of hydrogen-bond acceptors (Lipinski definition) is 2. The average molecular weight is 275 g/mol. The van der Waals surface area contributed by atoms with Gasteiger partial charge in [-0.25, -0.2) is 4.98 Å².